The number of halogens is 4. The minimum absolute atomic E-state index is 0.00931. The molecule has 4 rings (SSSR count). The second kappa shape index (κ2) is 10.7. The summed E-state index contributed by atoms with van der Waals surface area (Å²) >= 11 is 5.99. The Morgan fingerprint density at radius 2 is 1.92 bits per heavy atom. The van der Waals surface area contributed by atoms with Crippen LogP contribution in [-0.4, -0.2) is 68.9 Å². The topological polar surface area (TPSA) is 111 Å². The van der Waals surface area contributed by atoms with Crippen molar-refractivity contribution in [2.24, 2.45) is 5.92 Å². The molecule has 3 aromatic rings. The number of carbonyl (C=O) groups is 2. The first-order valence-corrected chi connectivity index (χ1v) is 11.5. The van der Waals surface area contributed by atoms with Crippen LogP contribution < -0.4 is 5.32 Å². The molecule has 3 N–H and O–H groups in total. The van der Waals surface area contributed by atoms with E-state index in [0.29, 0.717) is 16.1 Å². The third kappa shape index (κ3) is 6.41. The average molecular weight is 522 g/mol. The molecule has 0 radical (unpaired) electrons. The minimum atomic E-state index is -2.81. The summed E-state index contributed by atoms with van der Waals surface area (Å²) in [4.78, 5) is 25.9. The van der Waals surface area contributed by atoms with Crippen LogP contribution in [0.4, 0.5) is 13.2 Å². The molecule has 1 fully saturated rings. The van der Waals surface area contributed by atoms with E-state index in [-0.39, 0.29) is 25.1 Å². The predicted molar refractivity (Wildman–Crippen MR) is 125 cm³/mol. The van der Waals surface area contributed by atoms with Crippen LogP contribution >= 0.6 is 11.6 Å². The van der Waals surface area contributed by atoms with Gasteiger partial charge in [0.25, 0.3) is 11.8 Å². The molecule has 2 heterocycles. The smallest absolute Gasteiger partial charge is 0.307 e. The largest absolute Gasteiger partial charge is 0.481 e. The highest BCUT2D eigenvalue weighted by Crippen LogP contribution is 2.29. The van der Waals surface area contributed by atoms with Crippen molar-refractivity contribution >= 4 is 23.5 Å². The van der Waals surface area contributed by atoms with Gasteiger partial charge in [-0.05, 0) is 42.2 Å². The first kappa shape index (κ1) is 25.6. The van der Waals surface area contributed by atoms with Gasteiger partial charge < -0.3 is 10.4 Å². The summed E-state index contributed by atoms with van der Waals surface area (Å²) in [6, 6.07) is 10.5. The fraction of sp³-hybridized carbons (Fsp3) is 0.333. The Morgan fingerprint density at radius 3 is 2.53 bits per heavy atom. The Labute approximate surface area is 209 Å². The van der Waals surface area contributed by atoms with Gasteiger partial charge in [-0.1, -0.05) is 41.1 Å². The number of aliphatic carboxylic acids is 1. The highest BCUT2D eigenvalue weighted by molar-refractivity contribution is 6.30. The number of aromatic nitrogens is 3. The Balaban J connectivity index is 1.50. The van der Waals surface area contributed by atoms with E-state index < -0.39 is 48.7 Å². The number of nitrogens with zero attached hydrogens (tertiary/aromatic N) is 3. The fourth-order valence-electron chi connectivity index (χ4n) is 4.23. The highest BCUT2D eigenvalue weighted by Gasteiger charge is 2.45. The highest BCUT2D eigenvalue weighted by atomic mass is 35.5. The molecule has 1 saturated heterocycles. The quantitative estimate of drug-likeness (QED) is 0.375. The van der Waals surface area contributed by atoms with E-state index in [1.165, 1.54) is 29.3 Å². The Bertz CT molecular complexity index is 1220. The summed E-state index contributed by atoms with van der Waals surface area (Å²) in [6.45, 7) is -1.04. The molecule has 1 aromatic heterocycles. The number of carboxylic acid groups (broad SMARTS) is 1. The number of aromatic amines is 1. The van der Waals surface area contributed by atoms with Gasteiger partial charge in [-0.3, -0.25) is 19.6 Å². The van der Waals surface area contributed by atoms with Crippen LogP contribution in [0, 0.1) is 11.7 Å². The van der Waals surface area contributed by atoms with Crippen molar-refractivity contribution in [1.82, 2.24) is 25.6 Å². The number of nitrogens with one attached hydrogen (secondary N) is 2. The summed E-state index contributed by atoms with van der Waals surface area (Å²) < 4.78 is 40.7. The number of carboxylic acids is 1. The van der Waals surface area contributed by atoms with Crippen LogP contribution in [-0.2, 0) is 11.2 Å². The number of hydrogen-bond donors (Lipinski definition) is 3. The Kier molecular flexibility index (Phi) is 7.60. The number of alkyl halides is 2. The summed E-state index contributed by atoms with van der Waals surface area (Å²) in [5.74, 6) is -5.88. The minimum Gasteiger partial charge on any atom is -0.481 e. The fourth-order valence-corrected chi connectivity index (χ4v) is 4.41. The molecule has 1 aliphatic heterocycles. The Hall–Kier alpha value is -3.44. The molecule has 2 atom stereocenters. The molecule has 0 aliphatic carbocycles. The van der Waals surface area contributed by atoms with E-state index in [1.54, 1.807) is 24.3 Å². The van der Waals surface area contributed by atoms with Gasteiger partial charge in [-0.15, -0.1) is 5.10 Å². The molecule has 0 bridgehead atoms. The lowest BCUT2D eigenvalue weighted by atomic mass is 9.92. The van der Waals surface area contributed by atoms with E-state index in [9.17, 15) is 27.9 Å². The zero-order valence-electron chi connectivity index (χ0n) is 18.9. The van der Waals surface area contributed by atoms with Crippen LogP contribution in [0.15, 0.2) is 48.7 Å². The first-order valence-electron chi connectivity index (χ1n) is 11.1. The number of H-pyrrole nitrogens is 1. The molecule has 0 unspecified atom stereocenters. The van der Waals surface area contributed by atoms with Crippen LogP contribution in [0.5, 0.6) is 0 Å². The zero-order valence-corrected chi connectivity index (χ0v) is 19.7. The molecular weight excluding hydrogens is 499 g/mol. The lowest BCUT2D eigenvalue weighted by molar-refractivity contribution is -0.153. The second-order valence-corrected chi connectivity index (χ2v) is 9.30. The molecule has 8 nitrogen and oxygen atoms in total. The number of carbonyl (C=O) groups excluding carboxylic acids is 1. The standard InChI is InChI=1S/C24H23ClF3N5O3/c25-17-5-6-20(26)19(9-17)15-3-1-14(2-4-15)7-18(30-22(34)21-10-29-32-31-21)8-16(23(35)36)11-33-12-24(27,28)13-33/h1-6,9-10,16,18H,7-8,11-13H2,(H,30,34)(H,35,36)(H,29,31,32)/t16-,18+/m0/s1. The normalized spacial score (nSPS) is 16.7. The number of rotatable bonds is 10. The molecule has 12 heteroatoms. The molecule has 36 heavy (non-hydrogen) atoms. The summed E-state index contributed by atoms with van der Waals surface area (Å²) in [7, 11) is 0. The van der Waals surface area contributed by atoms with Crippen molar-refractivity contribution in [3.05, 3.63) is 70.8 Å². The van der Waals surface area contributed by atoms with Crippen molar-refractivity contribution in [3.8, 4) is 11.1 Å². The number of likely N-dealkylation sites (tertiary alicyclic amines) is 1. The van der Waals surface area contributed by atoms with Gasteiger partial charge in [-0.25, -0.2) is 13.2 Å². The van der Waals surface area contributed by atoms with Gasteiger partial charge in [-0.2, -0.15) is 0 Å². The van der Waals surface area contributed by atoms with Crippen LogP contribution in [0.1, 0.15) is 22.5 Å². The van der Waals surface area contributed by atoms with Crippen molar-refractivity contribution in [1.29, 1.82) is 0 Å². The van der Waals surface area contributed by atoms with E-state index in [2.05, 4.69) is 20.7 Å². The lowest BCUT2D eigenvalue weighted by Crippen LogP contribution is -2.58. The molecular formula is C24H23ClF3N5O3. The van der Waals surface area contributed by atoms with Gasteiger partial charge in [0.05, 0.1) is 25.2 Å². The summed E-state index contributed by atoms with van der Waals surface area (Å²) in [6.07, 6.45) is 1.50. The summed E-state index contributed by atoms with van der Waals surface area (Å²) in [5, 5.41) is 22.4. The molecule has 190 valence electrons. The maximum absolute atomic E-state index is 14.2. The predicted octanol–water partition coefficient (Wildman–Crippen LogP) is 3.65. The van der Waals surface area contributed by atoms with Gasteiger partial charge in [0.1, 0.15) is 11.5 Å². The molecule has 0 saturated carbocycles. The van der Waals surface area contributed by atoms with Gasteiger partial charge in [0, 0.05) is 23.2 Å². The zero-order chi connectivity index (χ0) is 25.9. The van der Waals surface area contributed by atoms with E-state index >= 15 is 0 Å². The van der Waals surface area contributed by atoms with Crippen molar-refractivity contribution in [3.63, 3.8) is 0 Å². The molecule has 0 spiro atoms. The van der Waals surface area contributed by atoms with E-state index in [0.717, 1.165) is 5.56 Å². The third-order valence-electron chi connectivity index (χ3n) is 5.98. The monoisotopic (exact) mass is 521 g/mol. The molecule has 1 aliphatic rings. The van der Waals surface area contributed by atoms with Gasteiger partial charge in [0.15, 0.2) is 0 Å². The maximum atomic E-state index is 14.2. The summed E-state index contributed by atoms with van der Waals surface area (Å²) in [5.41, 5.74) is 1.79. The van der Waals surface area contributed by atoms with Crippen molar-refractivity contribution < 1.29 is 27.9 Å². The SMILES string of the molecule is O=C(N[C@H](Cc1ccc(-c2cc(Cl)ccc2F)cc1)C[C@@H](CN1CC(F)(F)C1)C(=O)O)c1cnn[nH]1. The van der Waals surface area contributed by atoms with Crippen molar-refractivity contribution in [2.45, 2.75) is 24.8 Å². The second-order valence-electron chi connectivity index (χ2n) is 8.86. The lowest BCUT2D eigenvalue weighted by Gasteiger charge is -2.40. The number of benzene rings is 2. The van der Waals surface area contributed by atoms with Crippen LogP contribution in [0.2, 0.25) is 5.02 Å². The third-order valence-corrected chi connectivity index (χ3v) is 6.21. The van der Waals surface area contributed by atoms with Crippen molar-refractivity contribution in [2.75, 3.05) is 19.6 Å². The van der Waals surface area contributed by atoms with Crippen LogP contribution in [0.3, 0.4) is 0 Å². The maximum Gasteiger partial charge on any atom is 0.307 e. The van der Waals surface area contributed by atoms with E-state index in [4.69, 9.17) is 11.6 Å². The van der Waals surface area contributed by atoms with Gasteiger partial charge in [0.2, 0.25) is 0 Å². The van der Waals surface area contributed by atoms with Crippen LogP contribution in [0.25, 0.3) is 11.1 Å². The first-order chi connectivity index (χ1) is 17.1. The van der Waals surface area contributed by atoms with Gasteiger partial charge >= 0.3 is 5.97 Å². The van der Waals surface area contributed by atoms with E-state index in [1.807, 2.05) is 0 Å². The molecule has 2 aromatic carbocycles. The Morgan fingerprint density at radius 1 is 1.19 bits per heavy atom. The number of amides is 1. The molecule has 1 amide bonds. The number of hydrogen-bond acceptors (Lipinski definition) is 5. The average Bonchev–Trinajstić information content (AvgIpc) is 3.34.